The van der Waals surface area contributed by atoms with E-state index >= 15 is 0 Å². The molecule has 20 heavy (non-hydrogen) atoms. The Labute approximate surface area is 121 Å². The van der Waals surface area contributed by atoms with Crippen LogP contribution in [0, 0.1) is 0 Å². The van der Waals surface area contributed by atoms with Crippen LogP contribution in [0.15, 0.2) is 60.7 Å². The van der Waals surface area contributed by atoms with E-state index in [0.717, 1.165) is 6.42 Å². The molecule has 0 saturated carbocycles. The van der Waals surface area contributed by atoms with Gasteiger partial charge in [0, 0.05) is 0 Å². The van der Waals surface area contributed by atoms with Gasteiger partial charge < -0.3 is 10.2 Å². The molecule has 0 aromatic heterocycles. The second kappa shape index (κ2) is 9.96. The summed E-state index contributed by atoms with van der Waals surface area (Å²) in [5.41, 5.74) is 2.47. The molecule has 2 nitrogen and oxygen atoms in total. The number of aliphatic hydroxyl groups excluding tert-OH is 1. The largest absolute Gasteiger partial charge is 0.368 e. The standard InChI is InChI=1S/C14H12.C4H10O2/c1-3-7-13(8-4-1)11-12-14-9-5-2-6-10-14;1-2-3-4(5)6/h1-12H;4-6H,2-3H2,1H3. The molecule has 106 valence electrons. The van der Waals surface area contributed by atoms with Crippen LogP contribution in [0.5, 0.6) is 0 Å². The molecule has 2 heteroatoms. The molecule has 0 bridgehead atoms. The van der Waals surface area contributed by atoms with Crippen LogP contribution in [0.1, 0.15) is 30.9 Å². The summed E-state index contributed by atoms with van der Waals surface area (Å²) >= 11 is 0. The van der Waals surface area contributed by atoms with Crippen molar-refractivity contribution in [3.8, 4) is 0 Å². The van der Waals surface area contributed by atoms with Crippen molar-refractivity contribution >= 4 is 12.2 Å². The molecule has 0 radical (unpaired) electrons. The number of hydrogen-bond acceptors (Lipinski definition) is 2. The highest BCUT2D eigenvalue weighted by molar-refractivity contribution is 5.69. The molecule has 0 atom stereocenters. The fourth-order valence-corrected chi connectivity index (χ4v) is 1.58. The monoisotopic (exact) mass is 270 g/mol. The van der Waals surface area contributed by atoms with Crippen molar-refractivity contribution in [1.82, 2.24) is 0 Å². The van der Waals surface area contributed by atoms with Crippen LogP contribution in [0.2, 0.25) is 0 Å². The van der Waals surface area contributed by atoms with Gasteiger partial charge >= 0.3 is 0 Å². The topological polar surface area (TPSA) is 40.5 Å². The van der Waals surface area contributed by atoms with Gasteiger partial charge in [-0.15, -0.1) is 0 Å². The minimum atomic E-state index is -1.10. The Bertz CT molecular complexity index is 434. The van der Waals surface area contributed by atoms with Crippen molar-refractivity contribution in [2.45, 2.75) is 26.1 Å². The molecule has 0 unspecified atom stereocenters. The average molecular weight is 270 g/mol. The van der Waals surface area contributed by atoms with Gasteiger partial charge in [0.1, 0.15) is 0 Å². The van der Waals surface area contributed by atoms with Crippen LogP contribution < -0.4 is 0 Å². The van der Waals surface area contributed by atoms with Crippen molar-refractivity contribution in [3.63, 3.8) is 0 Å². The van der Waals surface area contributed by atoms with E-state index in [0.29, 0.717) is 6.42 Å². The summed E-state index contributed by atoms with van der Waals surface area (Å²) < 4.78 is 0. The zero-order valence-corrected chi connectivity index (χ0v) is 11.8. The molecule has 0 fully saturated rings. The molecule has 2 aromatic rings. The molecule has 0 heterocycles. The first-order valence-corrected chi connectivity index (χ1v) is 6.86. The molecule has 0 spiro atoms. The maximum Gasteiger partial charge on any atom is 0.151 e. The van der Waals surface area contributed by atoms with E-state index < -0.39 is 6.29 Å². The van der Waals surface area contributed by atoms with Crippen LogP contribution >= 0.6 is 0 Å². The molecule has 0 amide bonds. The van der Waals surface area contributed by atoms with Crippen molar-refractivity contribution in [2.24, 2.45) is 0 Å². The maximum absolute atomic E-state index is 8.11. The van der Waals surface area contributed by atoms with Crippen molar-refractivity contribution < 1.29 is 10.2 Å². The molecule has 0 saturated heterocycles. The Balaban J connectivity index is 0.000000286. The summed E-state index contributed by atoms with van der Waals surface area (Å²) in [7, 11) is 0. The van der Waals surface area contributed by atoms with Gasteiger partial charge in [0.2, 0.25) is 0 Å². The van der Waals surface area contributed by atoms with Crippen molar-refractivity contribution in [2.75, 3.05) is 0 Å². The van der Waals surface area contributed by atoms with Crippen LogP contribution in [0.3, 0.4) is 0 Å². The number of rotatable bonds is 4. The van der Waals surface area contributed by atoms with Gasteiger partial charge in [-0.3, -0.25) is 0 Å². The lowest BCUT2D eigenvalue weighted by Gasteiger charge is -1.94. The van der Waals surface area contributed by atoms with E-state index in [4.69, 9.17) is 10.2 Å². The second-order valence-corrected chi connectivity index (χ2v) is 4.42. The summed E-state index contributed by atoms with van der Waals surface area (Å²) in [6.45, 7) is 1.90. The average Bonchev–Trinajstić information content (AvgIpc) is 2.48. The first kappa shape index (κ1) is 16.2. The number of aliphatic hydroxyl groups is 2. The lowest BCUT2D eigenvalue weighted by Crippen LogP contribution is -2.01. The van der Waals surface area contributed by atoms with Crippen molar-refractivity contribution in [1.29, 1.82) is 0 Å². The quantitative estimate of drug-likeness (QED) is 0.652. The predicted molar refractivity (Wildman–Crippen MR) is 84.9 cm³/mol. The minimum Gasteiger partial charge on any atom is -0.368 e. The molecule has 2 N–H and O–H groups in total. The SMILES string of the molecule is C(=Cc1ccccc1)c1ccccc1.CCCC(O)O. The number of benzene rings is 2. The van der Waals surface area contributed by atoms with Crippen LogP contribution in [-0.4, -0.2) is 16.5 Å². The lowest BCUT2D eigenvalue weighted by atomic mass is 10.1. The predicted octanol–water partition coefficient (Wildman–Crippen LogP) is 3.95. The Kier molecular flexibility index (Phi) is 8.04. The molecule has 0 aliphatic rings. The maximum atomic E-state index is 8.11. The third-order valence-corrected chi connectivity index (χ3v) is 2.61. The fraction of sp³-hybridized carbons (Fsp3) is 0.222. The first-order valence-electron chi connectivity index (χ1n) is 6.86. The van der Waals surface area contributed by atoms with E-state index in [-0.39, 0.29) is 0 Å². The minimum absolute atomic E-state index is 0.486. The van der Waals surface area contributed by atoms with Crippen LogP contribution in [0.4, 0.5) is 0 Å². The highest BCUT2D eigenvalue weighted by Crippen LogP contribution is 2.06. The Morgan fingerprint density at radius 1 is 0.800 bits per heavy atom. The van der Waals surface area contributed by atoms with Gasteiger partial charge in [-0.25, -0.2) is 0 Å². The van der Waals surface area contributed by atoms with Gasteiger partial charge in [0.05, 0.1) is 0 Å². The van der Waals surface area contributed by atoms with E-state index in [1.54, 1.807) is 0 Å². The summed E-state index contributed by atoms with van der Waals surface area (Å²) in [5, 5.41) is 16.2. The summed E-state index contributed by atoms with van der Waals surface area (Å²) in [6.07, 6.45) is 4.46. The normalized spacial score (nSPS) is 10.4. The third-order valence-electron chi connectivity index (χ3n) is 2.61. The second-order valence-electron chi connectivity index (χ2n) is 4.42. The van der Waals surface area contributed by atoms with Crippen molar-refractivity contribution in [3.05, 3.63) is 71.8 Å². The van der Waals surface area contributed by atoms with Crippen LogP contribution in [0.25, 0.3) is 12.2 Å². The zero-order chi connectivity index (χ0) is 14.6. The lowest BCUT2D eigenvalue weighted by molar-refractivity contribution is -0.0453. The molecule has 2 aromatic carbocycles. The number of hydrogen-bond donors (Lipinski definition) is 2. The highest BCUT2D eigenvalue weighted by atomic mass is 16.5. The van der Waals surface area contributed by atoms with Gasteiger partial charge in [-0.1, -0.05) is 86.2 Å². The first-order chi connectivity index (χ1) is 9.72. The third kappa shape index (κ3) is 7.52. The van der Waals surface area contributed by atoms with E-state index in [2.05, 4.69) is 36.4 Å². The smallest absolute Gasteiger partial charge is 0.151 e. The summed E-state index contributed by atoms with van der Waals surface area (Å²) in [5.74, 6) is 0. The fourth-order valence-electron chi connectivity index (χ4n) is 1.58. The molecule has 0 aliphatic carbocycles. The molecule has 0 aliphatic heterocycles. The van der Waals surface area contributed by atoms with Gasteiger partial charge in [-0.2, -0.15) is 0 Å². The zero-order valence-electron chi connectivity index (χ0n) is 11.8. The van der Waals surface area contributed by atoms with E-state index in [1.807, 2.05) is 43.3 Å². The Hall–Kier alpha value is -1.90. The van der Waals surface area contributed by atoms with Crippen LogP contribution in [-0.2, 0) is 0 Å². The van der Waals surface area contributed by atoms with Gasteiger partial charge in [-0.05, 0) is 17.5 Å². The highest BCUT2D eigenvalue weighted by Gasteiger charge is 1.89. The van der Waals surface area contributed by atoms with Gasteiger partial charge in [0.25, 0.3) is 0 Å². The van der Waals surface area contributed by atoms with Gasteiger partial charge in [0.15, 0.2) is 6.29 Å². The van der Waals surface area contributed by atoms with E-state index in [9.17, 15) is 0 Å². The Morgan fingerprint density at radius 2 is 1.20 bits per heavy atom. The molecular weight excluding hydrogens is 248 g/mol. The van der Waals surface area contributed by atoms with E-state index in [1.165, 1.54) is 11.1 Å². The molecule has 2 rings (SSSR count). The summed E-state index contributed by atoms with van der Waals surface area (Å²) in [6, 6.07) is 20.6. The molecular formula is C18H22O2. The Morgan fingerprint density at radius 3 is 1.45 bits per heavy atom. The summed E-state index contributed by atoms with van der Waals surface area (Å²) in [4.78, 5) is 0.